The van der Waals surface area contributed by atoms with Crippen molar-refractivity contribution in [2.45, 2.75) is 44.1 Å². The first-order chi connectivity index (χ1) is 12.0. The first-order valence-electron chi connectivity index (χ1n) is 8.92. The molecule has 0 saturated heterocycles. The Bertz CT molecular complexity index is 806. The Morgan fingerprint density at radius 2 is 1.88 bits per heavy atom. The maximum absolute atomic E-state index is 12.5. The lowest BCUT2D eigenvalue weighted by Crippen LogP contribution is -2.54. The Hall–Kier alpha value is -2.21. The van der Waals surface area contributed by atoms with Crippen LogP contribution < -0.4 is 10.9 Å². The van der Waals surface area contributed by atoms with Crippen LogP contribution in [0.3, 0.4) is 0 Å². The molecule has 2 N–H and O–H groups in total. The maximum Gasteiger partial charge on any atom is 0.272 e. The number of nitrogens with one attached hydrogen (secondary N) is 2. The smallest absolute Gasteiger partial charge is 0.272 e. The van der Waals surface area contributed by atoms with Crippen molar-refractivity contribution in [2.24, 2.45) is 0 Å². The molecule has 1 amide bonds. The third-order valence-electron chi connectivity index (χ3n) is 5.45. The third kappa shape index (κ3) is 3.74. The fourth-order valence-electron chi connectivity index (χ4n) is 3.78. The number of rotatable bonds is 5. The summed E-state index contributed by atoms with van der Waals surface area (Å²) in [5.41, 5.74) is 0.428. The van der Waals surface area contributed by atoms with E-state index in [1.807, 2.05) is 18.2 Å². The summed E-state index contributed by atoms with van der Waals surface area (Å²) in [6.45, 7) is 0.653. The van der Waals surface area contributed by atoms with Crippen LogP contribution in [0.25, 0.3) is 10.8 Å². The fraction of sp³-hybridized carbons (Fsp3) is 0.526. The summed E-state index contributed by atoms with van der Waals surface area (Å²) < 4.78 is 0. The van der Waals surface area contributed by atoms with Crippen LogP contribution in [0.5, 0.6) is 0 Å². The molecule has 1 saturated carbocycles. The molecular weight excluding hydrogens is 316 g/mol. The molecule has 0 atom stereocenters. The predicted molar refractivity (Wildman–Crippen MR) is 98.6 cm³/mol. The molecule has 6 nitrogen and oxygen atoms in total. The molecule has 1 fully saturated rings. The number of nitrogens with zero attached hydrogens (tertiary/aromatic N) is 2. The lowest BCUT2D eigenvalue weighted by Gasteiger charge is -2.43. The quantitative estimate of drug-likeness (QED) is 0.869. The van der Waals surface area contributed by atoms with Gasteiger partial charge in [0.1, 0.15) is 0 Å². The van der Waals surface area contributed by atoms with E-state index in [1.165, 1.54) is 19.3 Å². The molecule has 1 aromatic carbocycles. The summed E-state index contributed by atoms with van der Waals surface area (Å²) in [6.07, 6.45) is 6.08. The highest BCUT2D eigenvalue weighted by atomic mass is 16.1. The van der Waals surface area contributed by atoms with Crippen molar-refractivity contribution in [3.63, 3.8) is 0 Å². The number of amides is 1. The van der Waals surface area contributed by atoms with Crippen LogP contribution in [-0.4, -0.2) is 47.2 Å². The van der Waals surface area contributed by atoms with Gasteiger partial charge in [-0.15, -0.1) is 0 Å². The van der Waals surface area contributed by atoms with E-state index in [2.05, 4.69) is 34.5 Å². The van der Waals surface area contributed by atoms with Crippen molar-refractivity contribution < 1.29 is 4.79 Å². The molecule has 2 aromatic rings. The van der Waals surface area contributed by atoms with Crippen molar-refractivity contribution in [3.05, 3.63) is 40.3 Å². The molecule has 6 heteroatoms. The largest absolute Gasteiger partial charge is 0.354 e. The molecule has 134 valence electrons. The topological polar surface area (TPSA) is 78.1 Å². The van der Waals surface area contributed by atoms with Crippen molar-refractivity contribution in [1.29, 1.82) is 0 Å². The number of H-pyrrole nitrogens is 1. The Morgan fingerprint density at radius 1 is 1.20 bits per heavy atom. The van der Waals surface area contributed by atoms with Gasteiger partial charge in [-0.1, -0.05) is 37.5 Å². The second-order valence-electron chi connectivity index (χ2n) is 7.18. The first-order valence-corrected chi connectivity index (χ1v) is 8.92. The molecular formula is C19H26N4O2. The van der Waals surface area contributed by atoms with Crippen molar-refractivity contribution in [2.75, 3.05) is 20.6 Å². The van der Waals surface area contributed by atoms with Crippen LogP contribution in [-0.2, 0) is 11.2 Å². The van der Waals surface area contributed by atoms with Crippen molar-refractivity contribution in [1.82, 2.24) is 20.4 Å². The van der Waals surface area contributed by atoms with Gasteiger partial charge in [0.05, 0.1) is 17.5 Å². The highest BCUT2D eigenvalue weighted by Crippen LogP contribution is 2.31. The lowest BCUT2D eigenvalue weighted by atomic mass is 9.80. The van der Waals surface area contributed by atoms with Gasteiger partial charge in [0, 0.05) is 17.5 Å². The van der Waals surface area contributed by atoms with Gasteiger partial charge in [-0.25, -0.2) is 5.10 Å². The minimum atomic E-state index is -0.228. The van der Waals surface area contributed by atoms with Gasteiger partial charge in [-0.05, 0) is 33.0 Å². The third-order valence-corrected chi connectivity index (χ3v) is 5.45. The Balaban J connectivity index is 1.71. The molecule has 3 rings (SSSR count). The molecule has 1 heterocycles. The molecule has 25 heavy (non-hydrogen) atoms. The van der Waals surface area contributed by atoms with Gasteiger partial charge >= 0.3 is 0 Å². The minimum absolute atomic E-state index is 0.0500. The van der Waals surface area contributed by atoms with Gasteiger partial charge < -0.3 is 10.2 Å². The SMILES string of the molecule is CN(C)C1(CNC(=O)Cc2n[nH]c(=O)c3ccccc23)CCCCC1. The van der Waals surface area contributed by atoms with E-state index in [0.29, 0.717) is 17.6 Å². The van der Waals surface area contributed by atoms with Gasteiger partial charge in [-0.2, -0.15) is 5.10 Å². The second-order valence-corrected chi connectivity index (χ2v) is 7.18. The van der Waals surface area contributed by atoms with Crippen molar-refractivity contribution in [3.8, 4) is 0 Å². The van der Waals surface area contributed by atoms with E-state index in [9.17, 15) is 9.59 Å². The van der Waals surface area contributed by atoms with E-state index >= 15 is 0 Å². The molecule has 0 bridgehead atoms. The van der Waals surface area contributed by atoms with Crippen LogP contribution in [0.2, 0.25) is 0 Å². The van der Waals surface area contributed by atoms with Gasteiger partial charge in [0.15, 0.2) is 0 Å². The zero-order valence-electron chi connectivity index (χ0n) is 15.0. The molecule has 0 aliphatic heterocycles. The van der Waals surface area contributed by atoms with E-state index in [-0.39, 0.29) is 23.4 Å². The van der Waals surface area contributed by atoms with Crippen molar-refractivity contribution >= 4 is 16.7 Å². The number of likely N-dealkylation sites (N-methyl/N-ethyl adjacent to an activating group) is 1. The first kappa shape index (κ1) is 17.6. The van der Waals surface area contributed by atoms with Gasteiger partial charge in [0.2, 0.25) is 5.91 Å². The number of carbonyl (C=O) groups is 1. The number of hydrogen-bond donors (Lipinski definition) is 2. The highest BCUT2D eigenvalue weighted by molar-refractivity contribution is 5.88. The molecule has 0 spiro atoms. The highest BCUT2D eigenvalue weighted by Gasteiger charge is 2.34. The average Bonchev–Trinajstić information content (AvgIpc) is 2.63. The van der Waals surface area contributed by atoms with E-state index in [1.54, 1.807) is 6.07 Å². The summed E-state index contributed by atoms with van der Waals surface area (Å²) >= 11 is 0. The van der Waals surface area contributed by atoms with Crippen LogP contribution in [0.4, 0.5) is 0 Å². The Kier molecular flexibility index (Phi) is 5.18. The number of benzene rings is 1. The van der Waals surface area contributed by atoms with E-state index in [4.69, 9.17) is 0 Å². The Morgan fingerprint density at radius 3 is 2.56 bits per heavy atom. The number of fused-ring (bicyclic) bond motifs is 1. The normalized spacial score (nSPS) is 16.9. The van der Waals surface area contributed by atoms with E-state index in [0.717, 1.165) is 18.2 Å². The second kappa shape index (κ2) is 7.35. The van der Waals surface area contributed by atoms with Gasteiger partial charge in [-0.3, -0.25) is 9.59 Å². The van der Waals surface area contributed by atoms with Crippen LogP contribution >= 0.6 is 0 Å². The molecule has 0 radical (unpaired) electrons. The Labute approximate surface area is 147 Å². The molecule has 1 aliphatic rings. The predicted octanol–water partition coefficient (Wildman–Crippen LogP) is 1.85. The summed E-state index contributed by atoms with van der Waals surface area (Å²) in [4.78, 5) is 26.6. The molecule has 1 aliphatic carbocycles. The number of hydrogen-bond acceptors (Lipinski definition) is 4. The molecule has 0 unspecified atom stereocenters. The number of aromatic amines is 1. The van der Waals surface area contributed by atoms with Crippen LogP contribution in [0, 0.1) is 0 Å². The standard InChI is InChI=1S/C19H26N4O2/c1-23(2)19(10-6-3-7-11-19)13-20-17(24)12-16-14-8-4-5-9-15(14)18(25)22-21-16/h4-5,8-9H,3,6-7,10-13H2,1-2H3,(H,20,24)(H,22,25). The van der Waals surface area contributed by atoms with E-state index < -0.39 is 0 Å². The maximum atomic E-state index is 12.5. The summed E-state index contributed by atoms with van der Waals surface area (Å²) in [5, 5.41) is 11.0. The zero-order chi connectivity index (χ0) is 17.9. The summed E-state index contributed by atoms with van der Waals surface area (Å²) in [5.74, 6) is -0.0588. The number of carbonyl (C=O) groups excluding carboxylic acids is 1. The zero-order valence-corrected chi connectivity index (χ0v) is 15.0. The summed E-state index contributed by atoms with van der Waals surface area (Å²) in [6, 6.07) is 7.25. The monoisotopic (exact) mass is 342 g/mol. The molecule has 1 aromatic heterocycles. The van der Waals surface area contributed by atoms with Crippen LogP contribution in [0.1, 0.15) is 37.8 Å². The fourth-order valence-corrected chi connectivity index (χ4v) is 3.78. The average molecular weight is 342 g/mol. The number of aromatic nitrogens is 2. The van der Waals surface area contributed by atoms with Crippen LogP contribution in [0.15, 0.2) is 29.1 Å². The summed E-state index contributed by atoms with van der Waals surface area (Å²) in [7, 11) is 4.18. The lowest BCUT2D eigenvalue weighted by molar-refractivity contribution is -0.121. The minimum Gasteiger partial charge on any atom is -0.354 e. The van der Waals surface area contributed by atoms with Gasteiger partial charge in [0.25, 0.3) is 5.56 Å².